The van der Waals surface area contributed by atoms with Crippen LogP contribution in [0.15, 0.2) is 23.1 Å². The molecule has 0 saturated carbocycles. The minimum absolute atomic E-state index is 0.0274. The molecule has 2 fully saturated rings. The van der Waals surface area contributed by atoms with Crippen molar-refractivity contribution in [1.82, 2.24) is 13.9 Å². The number of carbonyl (C=O) groups excluding carboxylic acids is 1. The van der Waals surface area contributed by atoms with E-state index in [-0.39, 0.29) is 24.4 Å². The summed E-state index contributed by atoms with van der Waals surface area (Å²) >= 11 is 0. The molecule has 10 heteroatoms. The van der Waals surface area contributed by atoms with Crippen LogP contribution in [0.25, 0.3) is 0 Å². The van der Waals surface area contributed by atoms with Crippen LogP contribution in [0.3, 0.4) is 0 Å². The van der Waals surface area contributed by atoms with Gasteiger partial charge in [0.2, 0.25) is 26.0 Å². The Bertz CT molecular complexity index is 1060. The van der Waals surface area contributed by atoms with Crippen LogP contribution in [0.4, 0.5) is 0 Å². The minimum atomic E-state index is -3.56. The third kappa shape index (κ3) is 5.18. The highest BCUT2D eigenvalue weighted by atomic mass is 32.2. The molecule has 178 valence electrons. The van der Waals surface area contributed by atoms with Crippen LogP contribution in [0.5, 0.6) is 0 Å². The van der Waals surface area contributed by atoms with Gasteiger partial charge in [-0.1, -0.05) is 6.07 Å². The fraction of sp³-hybridized carbons (Fsp3) is 0.682. The Morgan fingerprint density at radius 1 is 0.969 bits per heavy atom. The topological polar surface area (TPSA) is 104 Å². The number of nitrogens with zero attached hydrogens (tertiary/aromatic N) is 2. The van der Waals surface area contributed by atoms with Crippen molar-refractivity contribution < 1.29 is 21.6 Å². The molecule has 2 heterocycles. The Morgan fingerprint density at radius 3 is 2.41 bits per heavy atom. The molecule has 3 aliphatic rings. The fourth-order valence-corrected chi connectivity index (χ4v) is 7.20. The lowest BCUT2D eigenvalue weighted by atomic mass is 9.93. The zero-order valence-corrected chi connectivity index (χ0v) is 20.3. The van der Waals surface area contributed by atoms with Crippen molar-refractivity contribution in [1.29, 1.82) is 0 Å². The van der Waals surface area contributed by atoms with Crippen LogP contribution in [0, 0.1) is 5.92 Å². The van der Waals surface area contributed by atoms with Crippen molar-refractivity contribution in [2.45, 2.75) is 62.3 Å². The molecule has 1 N–H and O–H groups in total. The molecule has 2 saturated heterocycles. The molecule has 1 atom stereocenters. The number of hydrogen-bond donors (Lipinski definition) is 1. The highest BCUT2D eigenvalue weighted by Gasteiger charge is 2.36. The largest absolute Gasteiger partial charge is 0.338 e. The summed E-state index contributed by atoms with van der Waals surface area (Å²) in [5.74, 6) is -0.195. The molecule has 0 radical (unpaired) electrons. The maximum absolute atomic E-state index is 13.2. The van der Waals surface area contributed by atoms with Gasteiger partial charge >= 0.3 is 0 Å². The maximum Gasteiger partial charge on any atom is 0.243 e. The summed E-state index contributed by atoms with van der Waals surface area (Å²) in [4.78, 5) is 15.4. The van der Waals surface area contributed by atoms with E-state index in [0.29, 0.717) is 37.4 Å². The van der Waals surface area contributed by atoms with Crippen LogP contribution in [0.2, 0.25) is 0 Å². The van der Waals surface area contributed by atoms with Gasteiger partial charge in [-0.05, 0) is 74.6 Å². The van der Waals surface area contributed by atoms with Gasteiger partial charge in [0, 0.05) is 38.1 Å². The lowest BCUT2D eigenvalue weighted by Crippen LogP contribution is -2.52. The first-order valence-electron chi connectivity index (χ1n) is 11.5. The van der Waals surface area contributed by atoms with Gasteiger partial charge in [-0.2, -0.15) is 4.31 Å². The van der Waals surface area contributed by atoms with Crippen molar-refractivity contribution in [2.24, 2.45) is 5.92 Å². The molecule has 0 bridgehead atoms. The number of sulfonamides is 2. The predicted molar refractivity (Wildman–Crippen MR) is 122 cm³/mol. The monoisotopic (exact) mass is 483 g/mol. The summed E-state index contributed by atoms with van der Waals surface area (Å²) < 4.78 is 53.3. The van der Waals surface area contributed by atoms with E-state index < -0.39 is 20.0 Å². The van der Waals surface area contributed by atoms with E-state index in [1.54, 1.807) is 6.07 Å². The molecule has 0 aromatic heterocycles. The van der Waals surface area contributed by atoms with E-state index in [9.17, 15) is 21.6 Å². The highest BCUT2D eigenvalue weighted by Crippen LogP contribution is 2.30. The van der Waals surface area contributed by atoms with Crippen molar-refractivity contribution in [3.8, 4) is 0 Å². The van der Waals surface area contributed by atoms with Crippen LogP contribution in [-0.2, 0) is 37.7 Å². The summed E-state index contributed by atoms with van der Waals surface area (Å²) in [6.07, 6.45) is 7.78. The summed E-state index contributed by atoms with van der Waals surface area (Å²) in [5, 5.41) is 0. The molecule has 1 unspecified atom stereocenters. The molecule has 32 heavy (non-hydrogen) atoms. The molecule has 4 rings (SSSR count). The third-order valence-electron chi connectivity index (χ3n) is 7.00. The van der Waals surface area contributed by atoms with Crippen molar-refractivity contribution in [3.05, 3.63) is 29.3 Å². The van der Waals surface area contributed by atoms with Gasteiger partial charge in [-0.3, -0.25) is 4.79 Å². The molecule has 1 aromatic rings. The number of carbonyl (C=O) groups is 1. The molecule has 2 aliphatic heterocycles. The number of amides is 1. The van der Waals surface area contributed by atoms with Gasteiger partial charge < -0.3 is 4.90 Å². The van der Waals surface area contributed by atoms with Gasteiger partial charge in [0.1, 0.15) is 0 Å². The van der Waals surface area contributed by atoms with Crippen LogP contribution in [-0.4, -0.2) is 70.4 Å². The van der Waals surface area contributed by atoms with Gasteiger partial charge in [0.05, 0.1) is 11.2 Å². The van der Waals surface area contributed by atoms with Crippen molar-refractivity contribution in [3.63, 3.8) is 0 Å². The number of aryl methyl sites for hydroxylation is 2. The van der Waals surface area contributed by atoms with Crippen molar-refractivity contribution >= 4 is 26.0 Å². The Kier molecular flexibility index (Phi) is 6.95. The van der Waals surface area contributed by atoms with Gasteiger partial charge in [-0.25, -0.2) is 21.6 Å². The summed E-state index contributed by atoms with van der Waals surface area (Å²) in [6.45, 7) is 1.52. The predicted octanol–water partition coefficient (Wildman–Crippen LogP) is 1.51. The number of fused-ring (bicyclic) bond motifs is 1. The Morgan fingerprint density at radius 2 is 1.69 bits per heavy atom. The number of benzene rings is 1. The second kappa shape index (κ2) is 9.40. The molecular weight excluding hydrogens is 450 g/mol. The number of likely N-dealkylation sites (tertiary alicyclic amines) is 1. The molecule has 8 nitrogen and oxygen atoms in total. The smallest absolute Gasteiger partial charge is 0.243 e. The first-order chi connectivity index (χ1) is 15.1. The number of nitrogens with one attached hydrogen (secondary N) is 1. The standard InChI is InChI=1S/C22H33N3O5S2/c1-31(27,28)23-16-20-7-2-3-12-25(20)22(26)18-10-13-24(14-11-18)32(29,30)21-9-8-17-5-4-6-19(17)15-21/h8-9,15,18,20,23H,2-7,10-14,16H2,1H3. The zero-order chi connectivity index (χ0) is 22.9. The number of piperidine rings is 2. The van der Waals surface area contributed by atoms with E-state index in [1.807, 2.05) is 17.0 Å². The van der Waals surface area contributed by atoms with Crippen LogP contribution >= 0.6 is 0 Å². The number of hydrogen-bond acceptors (Lipinski definition) is 5. The lowest BCUT2D eigenvalue weighted by molar-refractivity contribution is -0.140. The third-order valence-corrected chi connectivity index (χ3v) is 9.59. The fourth-order valence-electron chi connectivity index (χ4n) is 5.19. The molecular formula is C22H33N3O5S2. The first kappa shape index (κ1) is 23.7. The normalized spacial score (nSPS) is 23.3. The van der Waals surface area contributed by atoms with Gasteiger partial charge in [0.15, 0.2) is 0 Å². The molecule has 1 aromatic carbocycles. The summed E-state index contributed by atoms with van der Waals surface area (Å²) in [6, 6.07) is 5.33. The zero-order valence-electron chi connectivity index (χ0n) is 18.6. The number of rotatable bonds is 6. The van der Waals surface area contributed by atoms with E-state index in [0.717, 1.165) is 50.3 Å². The minimum Gasteiger partial charge on any atom is -0.338 e. The quantitative estimate of drug-likeness (QED) is 0.661. The van der Waals surface area contributed by atoms with Crippen LogP contribution in [0.1, 0.15) is 49.7 Å². The van der Waals surface area contributed by atoms with Gasteiger partial charge in [0.25, 0.3) is 0 Å². The second-order valence-corrected chi connectivity index (χ2v) is 13.0. The summed E-state index contributed by atoms with van der Waals surface area (Å²) in [5.41, 5.74) is 2.38. The van der Waals surface area contributed by atoms with Crippen molar-refractivity contribution in [2.75, 3.05) is 32.4 Å². The molecule has 0 spiro atoms. The van der Waals surface area contributed by atoms with E-state index in [1.165, 1.54) is 9.87 Å². The average molecular weight is 484 g/mol. The SMILES string of the molecule is CS(=O)(=O)NCC1CCCCN1C(=O)C1CCN(S(=O)(=O)c2ccc3c(c2)CCC3)CC1. The molecule has 1 amide bonds. The van der Waals surface area contributed by atoms with Gasteiger partial charge in [-0.15, -0.1) is 0 Å². The van der Waals surface area contributed by atoms with E-state index in [4.69, 9.17) is 0 Å². The second-order valence-electron chi connectivity index (χ2n) is 9.26. The molecule has 1 aliphatic carbocycles. The van der Waals surface area contributed by atoms with E-state index >= 15 is 0 Å². The summed E-state index contributed by atoms with van der Waals surface area (Å²) in [7, 11) is -6.87. The van der Waals surface area contributed by atoms with Crippen LogP contribution < -0.4 is 4.72 Å². The Hall–Kier alpha value is -1.49. The lowest BCUT2D eigenvalue weighted by Gasteiger charge is -2.39. The highest BCUT2D eigenvalue weighted by molar-refractivity contribution is 7.89. The van der Waals surface area contributed by atoms with E-state index in [2.05, 4.69) is 4.72 Å². The first-order valence-corrected chi connectivity index (χ1v) is 14.9. The Balaban J connectivity index is 1.38. The average Bonchev–Trinajstić information content (AvgIpc) is 3.25. The Labute approximate surface area is 191 Å². The maximum atomic E-state index is 13.2.